The molecule has 4 aromatic carbocycles. The molecule has 46 heavy (non-hydrogen) atoms. The second-order valence-corrected chi connectivity index (χ2v) is 13.8. The number of nitrogens with zero attached hydrogens (tertiary/aromatic N) is 2. The van der Waals surface area contributed by atoms with E-state index in [0.29, 0.717) is 6.54 Å². The van der Waals surface area contributed by atoms with Gasteiger partial charge in [0.05, 0.1) is 17.7 Å². The Balaban J connectivity index is 1.83. The molecule has 0 saturated carbocycles. The molecule has 2 amide bonds. The van der Waals surface area contributed by atoms with Gasteiger partial charge in [0.25, 0.3) is 10.0 Å². The van der Waals surface area contributed by atoms with Gasteiger partial charge in [0.1, 0.15) is 18.3 Å². The largest absolute Gasteiger partial charge is 0.495 e. The Kier molecular flexibility index (Phi) is 11.8. The minimum Gasteiger partial charge on any atom is -0.495 e. The van der Waals surface area contributed by atoms with E-state index < -0.39 is 28.5 Å². The fraction of sp³-hybridized carbons (Fsp3) is 0.278. The SMILES string of the molecule is COc1ccc(Cl)cc1N(CC(=O)N(Cc1ccc(C)cc1)[C@@H](Cc1ccccc1)C(=O)NCC(C)C)S(=O)(=O)c1ccccc1. The summed E-state index contributed by atoms with van der Waals surface area (Å²) in [5, 5.41) is 3.26. The van der Waals surface area contributed by atoms with Gasteiger partial charge in [-0.15, -0.1) is 0 Å². The Morgan fingerprint density at radius 1 is 0.870 bits per heavy atom. The molecule has 242 valence electrons. The number of aryl methyl sites for hydroxylation is 1. The highest BCUT2D eigenvalue weighted by atomic mass is 35.5. The summed E-state index contributed by atoms with van der Waals surface area (Å²) in [5.41, 5.74) is 2.81. The Bertz CT molecular complexity index is 1720. The molecule has 0 heterocycles. The molecule has 4 rings (SSSR count). The fourth-order valence-corrected chi connectivity index (χ4v) is 6.56. The molecule has 0 spiro atoms. The summed E-state index contributed by atoms with van der Waals surface area (Å²) in [4.78, 5) is 29.9. The molecule has 8 nitrogen and oxygen atoms in total. The molecule has 0 bridgehead atoms. The van der Waals surface area contributed by atoms with E-state index in [1.165, 1.54) is 30.2 Å². The third-order valence-corrected chi connectivity index (χ3v) is 9.46. The van der Waals surface area contributed by atoms with Crippen molar-refractivity contribution in [3.63, 3.8) is 0 Å². The number of benzene rings is 4. The number of amides is 2. The summed E-state index contributed by atoms with van der Waals surface area (Å²) in [7, 11) is -2.87. The average molecular weight is 662 g/mol. The monoisotopic (exact) mass is 661 g/mol. The van der Waals surface area contributed by atoms with E-state index >= 15 is 0 Å². The van der Waals surface area contributed by atoms with Crippen LogP contribution in [0.5, 0.6) is 5.75 Å². The minimum absolute atomic E-state index is 0.00887. The summed E-state index contributed by atoms with van der Waals surface area (Å²) in [5.74, 6) is -0.486. The van der Waals surface area contributed by atoms with Gasteiger partial charge in [-0.3, -0.25) is 13.9 Å². The van der Waals surface area contributed by atoms with Gasteiger partial charge < -0.3 is 15.0 Å². The number of hydrogen-bond donors (Lipinski definition) is 1. The van der Waals surface area contributed by atoms with Gasteiger partial charge in [-0.2, -0.15) is 0 Å². The van der Waals surface area contributed by atoms with E-state index in [0.717, 1.165) is 21.0 Å². The molecule has 0 radical (unpaired) electrons. The van der Waals surface area contributed by atoms with Crippen LogP contribution < -0.4 is 14.4 Å². The van der Waals surface area contributed by atoms with Gasteiger partial charge in [0, 0.05) is 24.5 Å². The normalized spacial score (nSPS) is 12.0. The van der Waals surface area contributed by atoms with E-state index in [1.807, 2.05) is 75.4 Å². The molecule has 0 fully saturated rings. The van der Waals surface area contributed by atoms with E-state index in [-0.39, 0.29) is 46.1 Å². The topological polar surface area (TPSA) is 96.0 Å². The smallest absolute Gasteiger partial charge is 0.264 e. The molecule has 0 aliphatic rings. The van der Waals surface area contributed by atoms with Crippen LogP contribution in [0.4, 0.5) is 5.69 Å². The van der Waals surface area contributed by atoms with Crippen LogP contribution in [0.3, 0.4) is 0 Å². The molecule has 0 aromatic heterocycles. The van der Waals surface area contributed by atoms with Crippen molar-refractivity contribution >= 4 is 39.1 Å². The van der Waals surface area contributed by atoms with Crippen LogP contribution in [-0.4, -0.2) is 51.4 Å². The lowest BCUT2D eigenvalue weighted by Crippen LogP contribution is -2.53. The molecule has 1 N–H and O–H groups in total. The van der Waals surface area contributed by atoms with E-state index in [2.05, 4.69) is 5.32 Å². The van der Waals surface area contributed by atoms with Crippen molar-refractivity contribution in [3.05, 3.63) is 125 Å². The van der Waals surface area contributed by atoms with Crippen molar-refractivity contribution in [2.24, 2.45) is 5.92 Å². The zero-order valence-corrected chi connectivity index (χ0v) is 28.1. The Morgan fingerprint density at radius 3 is 2.11 bits per heavy atom. The molecular weight excluding hydrogens is 622 g/mol. The van der Waals surface area contributed by atoms with Crippen molar-refractivity contribution in [2.75, 3.05) is 24.5 Å². The summed E-state index contributed by atoms with van der Waals surface area (Å²) >= 11 is 6.35. The number of rotatable bonds is 14. The van der Waals surface area contributed by atoms with Crippen LogP contribution in [0.1, 0.15) is 30.5 Å². The molecule has 0 aliphatic heterocycles. The number of anilines is 1. The third-order valence-electron chi connectivity index (χ3n) is 7.45. The second-order valence-electron chi connectivity index (χ2n) is 11.5. The van der Waals surface area contributed by atoms with E-state index in [9.17, 15) is 18.0 Å². The zero-order valence-electron chi connectivity index (χ0n) is 26.5. The van der Waals surface area contributed by atoms with Crippen LogP contribution >= 0.6 is 11.6 Å². The third kappa shape index (κ3) is 8.89. The van der Waals surface area contributed by atoms with Crippen molar-refractivity contribution in [2.45, 2.75) is 44.7 Å². The van der Waals surface area contributed by atoms with Crippen LogP contribution in [-0.2, 0) is 32.6 Å². The summed E-state index contributed by atoms with van der Waals surface area (Å²) < 4.78 is 35.0. The lowest BCUT2D eigenvalue weighted by atomic mass is 10.0. The number of carbonyl (C=O) groups excluding carboxylic acids is 2. The standard InChI is InChI=1S/C36H40ClN3O5S/c1-26(2)23-38-36(42)33(21-28-11-7-5-8-12-28)39(24-29-17-15-27(3)16-18-29)35(41)25-40(32-22-30(37)19-20-34(32)45-4)46(43,44)31-13-9-6-10-14-31/h5-20,22,26,33H,21,23-25H2,1-4H3,(H,38,42)/t33-/m0/s1. The maximum atomic E-state index is 14.6. The van der Waals surface area contributed by atoms with Crippen LogP contribution in [0.2, 0.25) is 5.02 Å². The maximum absolute atomic E-state index is 14.6. The Hall–Kier alpha value is -4.34. The predicted molar refractivity (Wildman–Crippen MR) is 182 cm³/mol. The van der Waals surface area contributed by atoms with Gasteiger partial charge in [0.15, 0.2) is 0 Å². The van der Waals surface area contributed by atoms with E-state index in [1.54, 1.807) is 30.3 Å². The molecule has 0 saturated heterocycles. The average Bonchev–Trinajstić information content (AvgIpc) is 3.05. The van der Waals surface area contributed by atoms with Crippen molar-refractivity contribution in [1.29, 1.82) is 0 Å². The predicted octanol–water partition coefficient (Wildman–Crippen LogP) is 6.26. The summed E-state index contributed by atoms with van der Waals surface area (Å²) in [6.45, 7) is 5.85. The number of hydrogen-bond acceptors (Lipinski definition) is 5. The van der Waals surface area contributed by atoms with Gasteiger partial charge >= 0.3 is 0 Å². The van der Waals surface area contributed by atoms with Gasteiger partial charge in [-0.1, -0.05) is 104 Å². The maximum Gasteiger partial charge on any atom is 0.264 e. The number of methoxy groups -OCH3 is 1. The van der Waals surface area contributed by atoms with Crippen LogP contribution in [0.15, 0.2) is 108 Å². The summed E-state index contributed by atoms with van der Waals surface area (Å²) in [6.07, 6.45) is 0.230. The summed E-state index contributed by atoms with van der Waals surface area (Å²) in [6, 6.07) is 28.6. The van der Waals surface area contributed by atoms with Gasteiger partial charge in [-0.25, -0.2) is 8.42 Å². The Labute approximate surface area is 277 Å². The van der Waals surface area contributed by atoms with Crippen molar-refractivity contribution in [1.82, 2.24) is 10.2 Å². The highest BCUT2D eigenvalue weighted by Crippen LogP contribution is 2.35. The number of halogens is 1. The molecule has 1 atom stereocenters. The first-order valence-corrected chi connectivity index (χ1v) is 16.9. The number of carbonyl (C=O) groups is 2. The lowest BCUT2D eigenvalue weighted by Gasteiger charge is -2.34. The molecule has 0 aliphatic carbocycles. The van der Waals surface area contributed by atoms with Crippen LogP contribution in [0, 0.1) is 12.8 Å². The molecule has 4 aromatic rings. The quantitative estimate of drug-likeness (QED) is 0.172. The van der Waals surface area contributed by atoms with Crippen LogP contribution in [0.25, 0.3) is 0 Å². The first kappa shape index (κ1) is 34.5. The molecule has 10 heteroatoms. The molecular formula is C36H40ClN3O5S. The number of sulfonamides is 1. The van der Waals surface area contributed by atoms with Crippen molar-refractivity contribution in [3.8, 4) is 5.75 Å². The highest BCUT2D eigenvalue weighted by Gasteiger charge is 2.35. The highest BCUT2D eigenvalue weighted by molar-refractivity contribution is 7.92. The van der Waals surface area contributed by atoms with Gasteiger partial charge in [0.2, 0.25) is 11.8 Å². The van der Waals surface area contributed by atoms with Crippen molar-refractivity contribution < 1.29 is 22.7 Å². The number of nitrogens with one attached hydrogen (secondary N) is 1. The first-order valence-electron chi connectivity index (χ1n) is 15.1. The van der Waals surface area contributed by atoms with E-state index in [4.69, 9.17) is 16.3 Å². The zero-order chi connectivity index (χ0) is 33.3. The molecule has 0 unspecified atom stereocenters. The fourth-order valence-electron chi connectivity index (χ4n) is 4.96. The Morgan fingerprint density at radius 2 is 1.50 bits per heavy atom. The second kappa shape index (κ2) is 15.8. The van der Waals surface area contributed by atoms with Gasteiger partial charge in [-0.05, 0) is 54.3 Å². The first-order chi connectivity index (χ1) is 22.0. The number of ether oxygens (including phenoxy) is 1. The minimum atomic E-state index is -4.29. The lowest BCUT2D eigenvalue weighted by molar-refractivity contribution is -0.140.